The second-order valence-electron chi connectivity index (χ2n) is 4.41. The van der Waals surface area contributed by atoms with Crippen molar-refractivity contribution < 1.29 is 17.2 Å². The van der Waals surface area contributed by atoms with Crippen LogP contribution in [0.4, 0.5) is 14.5 Å². The zero-order valence-electron chi connectivity index (χ0n) is 11.2. The highest BCUT2D eigenvalue weighted by atomic mass is 32.2. The molecular formula is C14H14F2N2O2S. The first-order valence-corrected chi connectivity index (χ1v) is 7.62. The molecule has 0 amide bonds. The maximum absolute atomic E-state index is 13.5. The van der Waals surface area contributed by atoms with Crippen molar-refractivity contribution in [1.29, 1.82) is 0 Å². The molecule has 0 saturated heterocycles. The molecule has 0 radical (unpaired) electrons. The van der Waals surface area contributed by atoms with Crippen molar-refractivity contribution in [1.82, 2.24) is 5.32 Å². The highest BCUT2D eigenvalue weighted by molar-refractivity contribution is 7.92. The molecule has 2 rings (SSSR count). The van der Waals surface area contributed by atoms with Gasteiger partial charge in [-0.1, -0.05) is 12.1 Å². The van der Waals surface area contributed by atoms with Gasteiger partial charge in [0.25, 0.3) is 10.0 Å². The lowest BCUT2D eigenvalue weighted by molar-refractivity contribution is 0.582. The minimum atomic E-state index is -3.93. The van der Waals surface area contributed by atoms with Gasteiger partial charge in [-0.15, -0.1) is 0 Å². The predicted octanol–water partition coefficient (Wildman–Crippen LogP) is 2.49. The average molecular weight is 312 g/mol. The van der Waals surface area contributed by atoms with Gasteiger partial charge in [0.05, 0.1) is 10.6 Å². The molecule has 0 aliphatic carbocycles. The van der Waals surface area contributed by atoms with Gasteiger partial charge in [0.2, 0.25) is 0 Å². The molecule has 0 aliphatic rings. The molecular weight excluding hydrogens is 298 g/mol. The van der Waals surface area contributed by atoms with Crippen molar-refractivity contribution in [2.24, 2.45) is 0 Å². The lowest BCUT2D eigenvalue weighted by Gasteiger charge is -2.10. The summed E-state index contributed by atoms with van der Waals surface area (Å²) < 4.78 is 52.9. The zero-order chi connectivity index (χ0) is 15.5. The van der Waals surface area contributed by atoms with E-state index < -0.39 is 21.7 Å². The summed E-state index contributed by atoms with van der Waals surface area (Å²) >= 11 is 0. The third-order valence-electron chi connectivity index (χ3n) is 2.77. The van der Waals surface area contributed by atoms with E-state index in [1.165, 1.54) is 12.1 Å². The third kappa shape index (κ3) is 3.77. The van der Waals surface area contributed by atoms with Crippen molar-refractivity contribution in [2.45, 2.75) is 11.4 Å². The molecule has 0 bridgehead atoms. The Balaban J connectivity index is 2.31. The highest BCUT2D eigenvalue weighted by Gasteiger charge is 2.16. The number of sulfonamides is 1. The van der Waals surface area contributed by atoms with E-state index in [0.717, 1.165) is 17.7 Å². The lowest BCUT2D eigenvalue weighted by Crippen LogP contribution is -2.15. The molecule has 0 spiro atoms. The predicted molar refractivity (Wildman–Crippen MR) is 76.4 cm³/mol. The highest BCUT2D eigenvalue weighted by Crippen LogP contribution is 2.20. The Kier molecular flexibility index (Phi) is 4.54. The Morgan fingerprint density at radius 2 is 1.86 bits per heavy atom. The molecule has 4 nitrogen and oxygen atoms in total. The SMILES string of the molecule is CNCc1cccc(S(=O)(=O)Nc2ccc(F)cc2F)c1. The molecule has 2 aromatic rings. The van der Waals surface area contributed by atoms with Gasteiger partial charge in [-0.3, -0.25) is 4.72 Å². The molecule has 0 heterocycles. The van der Waals surface area contributed by atoms with Gasteiger partial charge in [-0.25, -0.2) is 17.2 Å². The Bertz CT molecular complexity index is 748. The van der Waals surface area contributed by atoms with Crippen LogP contribution in [0.15, 0.2) is 47.4 Å². The number of rotatable bonds is 5. The summed E-state index contributed by atoms with van der Waals surface area (Å²) in [6, 6.07) is 8.91. The summed E-state index contributed by atoms with van der Waals surface area (Å²) in [5.74, 6) is -1.74. The van der Waals surface area contributed by atoms with Crippen LogP contribution in [-0.2, 0) is 16.6 Å². The van der Waals surface area contributed by atoms with Crippen LogP contribution in [0.25, 0.3) is 0 Å². The Morgan fingerprint density at radius 1 is 1.10 bits per heavy atom. The van der Waals surface area contributed by atoms with Crippen LogP contribution in [0.1, 0.15) is 5.56 Å². The largest absolute Gasteiger partial charge is 0.316 e. The Labute approximate surface area is 121 Å². The second-order valence-corrected chi connectivity index (χ2v) is 6.09. The summed E-state index contributed by atoms with van der Waals surface area (Å²) in [5.41, 5.74) is 0.482. The maximum atomic E-state index is 13.5. The number of benzene rings is 2. The normalized spacial score (nSPS) is 11.4. The first-order valence-electron chi connectivity index (χ1n) is 6.14. The number of hydrogen-bond acceptors (Lipinski definition) is 3. The van der Waals surface area contributed by atoms with Crippen LogP contribution in [0.3, 0.4) is 0 Å². The molecule has 7 heteroatoms. The molecule has 0 fully saturated rings. The van der Waals surface area contributed by atoms with Crippen LogP contribution in [0.5, 0.6) is 0 Å². The topological polar surface area (TPSA) is 58.2 Å². The summed E-state index contributed by atoms with van der Waals surface area (Å²) in [6.45, 7) is 0.508. The number of halogens is 2. The molecule has 0 atom stereocenters. The van der Waals surface area contributed by atoms with E-state index in [1.54, 1.807) is 19.2 Å². The zero-order valence-corrected chi connectivity index (χ0v) is 12.0. The third-order valence-corrected chi connectivity index (χ3v) is 4.13. The average Bonchev–Trinajstić information content (AvgIpc) is 2.43. The first kappa shape index (κ1) is 15.4. The van der Waals surface area contributed by atoms with E-state index in [2.05, 4.69) is 10.0 Å². The van der Waals surface area contributed by atoms with Crippen molar-refractivity contribution in [3.63, 3.8) is 0 Å². The maximum Gasteiger partial charge on any atom is 0.261 e. The van der Waals surface area contributed by atoms with E-state index >= 15 is 0 Å². The van der Waals surface area contributed by atoms with Crippen molar-refractivity contribution in [3.8, 4) is 0 Å². The molecule has 0 aliphatic heterocycles. The van der Waals surface area contributed by atoms with Crippen molar-refractivity contribution in [3.05, 3.63) is 59.7 Å². The summed E-state index contributed by atoms with van der Waals surface area (Å²) in [4.78, 5) is 0.0129. The standard InChI is InChI=1S/C14H14F2N2O2S/c1-17-9-10-3-2-4-12(7-10)21(19,20)18-14-6-5-11(15)8-13(14)16/h2-8,17-18H,9H2,1H3. The molecule has 0 saturated carbocycles. The summed E-state index contributed by atoms with van der Waals surface area (Å²) in [5, 5.41) is 2.91. The van der Waals surface area contributed by atoms with Gasteiger partial charge in [-0.05, 0) is 36.9 Å². The first-order chi connectivity index (χ1) is 9.92. The fourth-order valence-electron chi connectivity index (χ4n) is 1.80. The molecule has 21 heavy (non-hydrogen) atoms. The fraction of sp³-hybridized carbons (Fsp3) is 0.143. The summed E-state index contributed by atoms with van der Waals surface area (Å²) in [6.07, 6.45) is 0. The molecule has 112 valence electrons. The van der Waals surface area contributed by atoms with Crippen LogP contribution >= 0.6 is 0 Å². The molecule has 2 aromatic carbocycles. The van der Waals surface area contributed by atoms with Crippen LogP contribution < -0.4 is 10.0 Å². The molecule has 2 N–H and O–H groups in total. The van der Waals surface area contributed by atoms with E-state index in [0.29, 0.717) is 12.6 Å². The van der Waals surface area contributed by atoms with Gasteiger partial charge in [0, 0.05) is 12.6 Å². The van der Waals surface area contributed by atoms with Gasteiger partial charge in [-0.2, -0.15) is 0 Å². The Morgan fingerprint density at radius 3 is 2.52 bits per heavy atom. The van der Waals surface area contributed by atoms with E-state index in [9.17, 15) is 17.2 Å². The van der Waals surface area contributed by atoms with Crippen LogP contribution in [0, 0.1) is 11.6 Å². The smallest absolute Gasteiger partial charge is 0.261 e. The Hall–Kier alpha value is -1.99. The van der Waals surface area contributed by atoms with E-state index in [1.807, 2.05) is 0 Å². The second kappa shape index (κ2) is 6.19. The quantitative estimate of drug-likeness (QED) is 0.892. The fourth-order valence-corrected chi connectivity index (χ4v) is 2.94. The van der Waals surface area contributed by atoms with Gasteiger partial charge in [0.1, 0.15) is 11.6 Å². The number of nitrogens with one attached hydrogen (secondary N) is 2. The molecule has 0 aromatic heterocycles. The van der Waals surface area contributed by atoms with Crippen molar-refractivity contribution >= 4 is 15.7 Å². The van der Waals surface area contributed by atoms with Crippen LogP contribution in [0.2, 0.25) is 0 Å². The van der Waals surface area contributed by atoms with Gasteiger partial charge >= 0.3 is 0 Å². The van der Waals surface area contributed by atoms with E-state index in [4.69, 9.17) is 0 Å². The minimum absolute atomic E-state index is 0.0129. The van der Waals surface area contributed by atoms with Gasteiger partial charge < -0.3 is 5.32 Å². The minimum Gasteiger partial charge on any atom is -0.316 e. The lowest BCUT2D eigenvalue weighted by atomic mass is 10.2. The van der Waals surface area contributed by atoms with Crippen LogP contribution in [-0.4, -0.2) is 15.5 Å². The van der Waals surface area contributed by atoms with Crippen molar-refractivity contribution in [2.75, 3.05) is 11.8 Å². The van der Waals surface area contributed by atoms with E-state index in [-0.39, 0.29) is 10.6 Å². The number of hydrogen-bond donors (Lipinski definition) is 2. The van der Waals surface area contributed by atoms with Gasteiger partial charge in [0.15, 0.2) is 0 Å². The molecule has 0 unspecified atom stereocenters. The monoisotopic (exact) mass is 312 g/mol. The summed E-state index contributed by atoms with van der Waals surface area (Å²) in [7, 11) is -2.19. The number of anilines is 1.